The third kappa shape index (κ3) is 2.46. The standard InChI is InChI=1S/C17H21N3O/c1-11-5-10-15-16(11)17(19-12(2)18-15)20(3)13-6-8-14(21-4)9-7-13/h6-9,11H,5,10H2,1-4H3. The second-order valence-corrected chi connectivity index (χ2v) is 5.65. The molecule has 1 atom stereocenters. The van der Waals surface area contributed by atoms with Gasteiger partial charge in [0.05, 0.1) is 7.11 Å². The van der Waals surface area contributed by atoms with E-state index in [9.17, 15) is 0 Å². The Morgan fingerprint density at radius 3 is 2.57 bits per heavy atom. The number of nitrogens with zero attached hydrogens (tertiary/aromatic N) is 3. The number of rotatable bonds is 3. The van der Waals surface area contributed by atoms with Crippen molar-refractivity contribution in [3.05, 3.63) is 41.3 Å². The molecule has 4 nitrogen and oxygen atoms in total. The number of aromatic nitrogens is 2. The van der Waals surface area contributed by atoms with Crippen molar-refractivity contribution >= 4 is 11.5 Å². The number of hydrogen-bond donors (Lipinski definition) is 0. The molecule has 1 aliphatic carbocycles. The van der Waals surface area contributed by atoms with E-state index in [1.54, 1.807) is 7.11 Å². The second kappa shape index (κ2) is 5.35. The monoisotopic (exact) mass is 283 g/mol. The van der Waals surface area contributed by atoms with E-state index >= 15 is 0 Å². The number of benzene rings is 1. The van der Waals surface area contributed by atoms with E-state index in [2.05, 4.69) is 36.0 Å². The normalized spacial score (nSPS) is 16.7. The summed E-state index contributed by atoms with van der Waals surface area (Å²) in [4.78, 5) is 11.5. The van der Waals surface area contributed by atoms with Gasteiger partial charge in [-0.2, -0.15) is 0 Å². The van der Waals surface area contributed by atoms with Crippen molar-refractivity contribution in [3.8, 4) is 5.75 Å². The van der Waals surface area contributed by atoms with Gasteiger partial charge >= 0.3 is 0 Å². The van der Waals surface area contributed by atoms with Gasteiger partial charge in [0.1, 0.15) is 17.4 Å². The molecule has 0 spiro atoms. The molecule has 1 unspecified atom stereocenters. The van der Waals surface area contributed by atoms with Crippen molar-refractivity contribution in [1.82, 2.24) is 9.97 Å². The van der Waals surface area contributed by atoms with Gasteiger partial charge in [-0.05, 0) is 49.9 Å². The number of methoxy groups -OCH3 is 1. The fourth-order valence-electron chi connectivity index (χ4n) is 3.00. The molecule has 1 aromatic carbocycles. The van der Waals surface area contributed by atoms with Crippen LogP contribution in [-0.4, -0.2) is 24.1 Å². The summed E-state index contributed by atoms with van der Waals surface area (Å²) in [5.41, 5.74) is 3.62. The van der Waals surface area contributed by atoms with Crippen LogP contribution in [0.15, 0.2) is 24.3 Å². The Kier molecular flexibility index (Phi) is 3.53. The highest BCUT2D eigenvalue weighted by Crippen LogP contribution is 2.39. The molecular weight excluding hydrogens is 262 g/mol. The molecule has 1 aromatic heterocycles. The molecule has 0 aliphatic heterocycles. The quantitative estimate of drug-likeness (QED) is 0.862. The molecule has 0 amide bonds. The molecule has 1 heterocycles. The number of aryl methyl sites for hydroxylation is 2. The highest BCUT2D eigenvalue weighted by atomic mass is 16.5. The van der Waals surface area contributed by atoms with E-state index in [1.165, 1.54) is 11.3 Å². The third-order valence-corrected chi connectivity index (χ3v) is 4.20. The lowest BCUT2D eigenvalue weighted by molar-refractivity contribution is 0.415. The topological polar surface area (TPSA) is 38.2 Å². The minimum absolute atomic E-state index is 0.524. The Bertz CT molecular complexity index is 652. The molecule has 0 radical (unpaired) electrons. The van der Waals surface area contributed by atoms with Crippen molar-refractivity contribution in [2.45, 2.75) is 32.6 Å². The van der Waals surface area contributed by atoms with Crippen LogP contribution in [0.2, 0.25) is 0 Å². The lowest BCUT2D eigenvalue weighted by Gasteiger charge is -2.23. The van der Waals surface area contributed by atoms with Gasteiger partial charge in [0.15, 0.2) is 0 Å². The molecule has 0 bridgehead atoms. The van der Waals surface area contributed by atoms with Crippen LogP contribution in [0, 0.1) is 6.92 Å². The molecule has 3 rings (SSSR count). The zero-order chi connectivity index (χ0) is 15.0. The summed E-state index contributed by atoms with van der Waals surface area (Å²) in [6, 6.07) is 8.07. The smallest absolute Gasteiger partial charge is 0.140 e. The Morgan fingerprint density at radius 2 is 1.90 bits per heavy atom. The molecule has 2 aromatic rings. The van der Waals surface area contributed by atoms with Crippen molar-refractivity contribution < 1.29 is 4.74 Å². The average molecular weight is 283 g/mol. The first-order chi connectivity index (χ1) is 10.1. The summed E-state index contributed by atoms with van der Waals surface area (Å²) >= 11 is 0. The van der Waals surface area contributed by atoms with Gasteiger partial charge in [0, 0.05) is 24.0 Å². The van der Waals surface area contributed by atoms with Crippen LogP contribution in [0.1, 0.15) is 36.3 Å². The van der Waals surface area contributed by atoms with Crippen LogP contribution in [-0.2, 0) is 6.42 Å². The summed E-state index contributed by atoms with van der Waals surface area (Å²) in [6.07, 6.45) is 2.22. The van der Waals surface area contributed by atoms with Gasteiger partial charge in [0.25, 0.3) is 0 Å². The van der Waals surface area contributed by atoms with Gasteiger partial charge < -0.3 is 9.64 Å². The maximum absolute atomic E-state index is 5.22. The van der Waals surface area contributed by atoms with Crippen molar-refractivity contribution in [2.75, 3.05) is 19.1 Å². The van der Waals surface area contributed by atoms with Gasteiger partial charge in [0.2, 0.25) is 0 Å². The minimum atomic E-state index is 0.524. The fraction of sp³-hybridized carbons (Fsp3) is 0.412. The third-order valence-electron chi connectivity index (χ3n) is 4.20. The zero-order valence-electron chi connectivity index (χ0n) is 13.1. The largest absolute Gasteiger partial charge is 0.497 e. The predicted octanol–water partition coefficient (Wildman–Crippen LogP) is 3.61. The molecule has 21 heavy (non-hydrogen) atoms. The Hall–Kier alpha value is -2.10. The number of anilines is 2. The van der Waals surface area contributed by atoms with Crippen LogP contribution < -0.4 is 9.64 Å². The first-order valence-electron chi connectivity index (χ1n) is 7.35. The number of ether oxygens (including phenoxy) is 1. The summed E-state index contributed by atoms with van der Waals surface area (Å²) in [5.74, 6) is 3.27. The van der Waals surface area contributed by atoms with Crippen LogP contribution in [0.4, 0.5) is 11.5 Å². The molecular formula is C17H21N3O. The van der Waals surface area contributed by atoms with Crippen molar-refractivity contribution in [1.29, 1.82) is 0 Å². The van der Waals surface area contributed by atoms with Gasteiger partial charge in [-0.3, -0.25) is 0 Å². The maximum atomic E-state index is 5.22. The van der Waals surface area contributed by atoms with Crippen LogP contribution in [0.25, 0.3) is 0 Å². The second-order valence-electron chi connectivity index (χ2n) is 5.65. The Balaban J connectivity index is 2.03. The molecule has 0 N–H and O–H groups in total. The van der Waals surface area contributed by atoms with Crippen molar-refractivity contribution in [2.24, 2.45) is 0 Å². The fourth-order valence-corrected chi connectivity index (χ4v) is 3.00. The Labute approximate surface area is 125 Å². The van der Waals surface area contributed by atoms with Crippen LogP contribution in [0.5, 0.6) is 5.75 Å². The summed E-state index contributed by atoms with van der Waals surface area (Å²) < 4.78 is 5.22. The highest BCUT2D eigenvalue weighted by molar-refractivity contribution is 5.65. The SMILES string of the molecule is COc1ccc(N(C)c2nc(C)nc3c2C(C)CC3)cc1. The van der Waals surface area contributed by atoms with E-state index in [-0.39, 0.29) is 0 Å². The van der Waals surface area contributed by atoms with Gasteiger partial charge in [-0.25, -0.2) is 9.97 Å². The average Bonchev–Trinajstić information content (AvgIpc) is 2.87. The summed E-state index contributed by atoms with van der Waals surface area (Å²) in [5, 5.41) is 0. The van der Waals surface area contributed by atoms with E-state index in [1.807, 2.05) is 19.1 Å². The molecule has 0 saturated heterocycles. The maximum Gasteiger partial charge on any atom is 0.140 e. The minimum Gasteiger partial charge on any atom is -0.497 e. The van der Waals surface area contributed by atoms with E-state index in [0.29, 0.717) is 5.92 Å². The summed E-state index contributed by atoms with van der Waals surface area (Å²) in [7, 11) is 3.75. The molecule has 0 fully saturated rings. The molecule has 1 aliphatic rings. The van der Waals surface area contributed by atoms with Crippen LogP contribution in [0.3, 0.4) is 0 Å². The first-order valence-corrected chi connectivity index (χ1v) is 7.35. The van der Waals surface area contributed by atoms with Crippen molar-refractivity contribution in [3.63, 3.8) is 0 Å². The number of fused-ring (bicyclic) bond motifs is 1. The highest BCUT2D eigenvalue weighted by Gasteiger charge is 2.26. The van der Waals surface area contributed by atoms with Gasteiger partial charge in [-0.15, -0.1) is 0 Å². The van der Waals surface area contributed by atoms with E-state index < -0.39 is 0 Å². The molecule has 110 valence electrons. The summed E-state index contributed by atoms with van der Waals surface area (Å²) in [6.45, 7) is 4.23. The first kappa shape index (κ1) is 13.9. The number of hydrogen-bond acceptors (Lipinski definition) is 4. The molecule has 0 saturated carbocycles. The Morgan fingerprint density at radius 1 is 1.19 bits per heavy atom. The van der Waals surface area contributed by atoms with Crippen LogP contribution >= 0.6 is 0 Å². The predicted molar refractivity (Wildman–Crippen MR) is 84.6 cm³/mol. The zero-order valence-corrected chi connectivity index (χ0v) is 13.1. The molecule has 4 heteroatoms. The van der Waals surface area contributed by atoms with E-state index in [0.717, 1.165) is 35.9 Å². The lowest BCUT2D eigenvalue weighted by Crippen LogP contribution is -2.16. The lowest BCUT2D eigenvalue weighted by atomic mass is 10.1. The van der Waals surface area contributed by atoms with E-state index in [4.69, 9.17) is 9.72 Å². The van der Waals surface area contributed by atoms with Gasteiger partial charge in [-0.1, -0.05) is 6.92 Å².